The third kappa shape index (κ3) is 3.18. The molecule has 0 unspecified atom stereocenters. The second-order valence-electron chi connectivity index (χ2n) is 2.50. The molecule has 0 amide bonds. The van der Waals surface area contributed by atoms with Crippen LogP contribution in [0.4, 0.5) is 0 Å². The van der Waals surface area contributed by atoms with E-state index in [0.29, 0.717) is 16.6 Å². The molecule has 0 radical (unpaired) electrons. The molecule has 0 bridgehead atoms. The van der Waals surface area contributed by atoms with Crippen LogP contribution in [0.3, 0.4) is 0 Å². The molecule has 1 aromatic rings. The van der Waals surface area contributed by atoms with E-state index in [-0.39, 0.29) is 6.61 Å². The molecule has 1 rings (SSSR count). The normalized spacial score (nSPS) is 10.8. The Balaban J connectivity index is 2.62. The zero-order valence-corrected chi connectivity index (χ0v) is 8.92. The SMILES string of the molecule is NC/C=N/OCc1c(Cl)cccc1Cl. The molecule has 76 valence electrons. The Morgan fingerprint density at radius 1 is 1.36 bits per heavy atom. The van der Waals surface area contributed by atoms with Gasteiger partial charge in [0.15, 0.2) is 0 Å². The smallest absolute Gasteiger partial charge is 0.145 e. The Bertz CT molecular complexity index is 308. The first-order valence-corrected chi connectivity index (χ1v) is 4.78. The second kappa shape index (κ2) is 5.86. The first-order chi connectivity index (χ1) is 6.75. The molecular weight excluding hydrogens is 223 g/mol. The lowest BCUT2D eigenvalue weighted by molar-refractivity contribution is 0.132. The van der Waals surface area contributed by atoms with Crippen LogP contribution in [0.2, 0.25) is 10.0 Å². The number of rotatable bonds is 4. The van der Waals surface area contributed by atoms with Crippen molar-refractivity contribution < 1.29 is 4.84 Å². The highest BCUT2D eigenvalue weighted by Crippen LogP contribution is 2.24. The summed E-state index contributed by atoms with van der Waals surface area (Å²) in [5, 5.41) is 4.74. The molecule has 0 saturated heterocycles. The Morgan fingerprint density at radius 2 is 2.00 bits per heavy atom. The van der Waals surface area contributed by atoms with Crippen molar-refractivity contribution in [3.63, 3.8) is 0 Å². The highest BCUT2D eigenvalue weighted by atomic mass is 35.5. The number of hydrogen-bond acceptors (Lipinski definition) is 3. The Hall–Kier alpha value is -0.770. The van der Waals surface area contributed by atoms with Crippen LogP contribution in [0.25, 0.3) is 0 Å². The first kappa shape index (κ1) is 11.3. The number of halogens is 2. The number of benzene rings is 1. The van der Waals surface area contributed by atoms with Crippen LogP contribution in [-0.2, 0) is 11.4 Å². The molecule has 3 nitrogen and oxygen atoms in total. The van der Waals surface area contributed by atoms with Gasteiger partial charge in [-0.05, 0) is 12.1 Å². The third-order valence-electron chi connectivity index (χ3n) is 1.53. The maximum atomic E-state index is 5.90. The molecule has 2 N–H and O–H groups in total. The van der Waals surface area contributed by atoms with E-state index in [1.54, 1.807) is 18.2 Å². The van der Waals surface area contributed by atoms with Crippen LogP contribution in [0, 0.1) is 0 Å². The van der Waals surface area contributed by atoms with Crippen molar-refractivity contribution in [2.24, 2.45) is 10.9 Å². The summed E-state index contributed by atoms with van der Waals surface area (Å²) in [4.78, 5) is 4.94. The van der Waals surface area contributed by atoms with Gasteiger partial charge in [-0.15, -0.1) is 0 Å². The van der Waals surface area contributed by atoms with Crippen LogP contribution >= 0.6 is 23.2 Å². The monoisotopic (exact) mass is 232 g/mol. The van der Waals surface area contributed by atoms with Gasteiger partial charge in [0.2, 0.25) is 0 Å². The molecule has 0 aliphatic heterocycles. The average molecular weight is 233 g/mol. The van der Waals surface area contributed by atoms with Gasteiger partial charge in [0.1, 0.15) is 6.61 Å². The molecule has 0 saturated carbocycles. The second-order valence-corrected chi connectivity index (χ2v) is 3.31. The van der Waals surface area contributed by atoms with Gasteiger partial charge in [-0.2, -0.15) is 0 Å². The summed E-state index contributed by atoms with van der Waals surface area (Å²) in [6.07, 6.45) is 1.46. The van der Waals surface area contributed by atoms with Crippen molar-refractivity contribution in [3.05, 3.63) is 33.8 Å². The summed E-state index contributed by atoms with van der Waals surface area (Å²) in [6.45, 7) is 0.589. The van der Waals surface area contributed by atoms with E-state index in [2.05, 4.69) is 5.16 Å². The van der Waals surface area contributed by atoms with Crippen LogP contribution in [0.1, 0.15) is 5.56 Å². The quantitative estimate of drug-likeness (QED) is 0.641. The third-order valence-corrected chi connectivity index (χ3v) is 2.23. The zero-order chi connectivity index (χ0) is 10.4. The van der Waals surface area contributed by atoms with Gasteiger partial charge < -0.3 is 10.6 Å². The van der Waals surface area contributed by atoms with E-state index in [9.17, 15) is 0 Å². The summed E-state index contributed by atoms with van der Waals surface area (Å²) in [5.41, 5.74) is 5.91. The van der Waals surface area contributed by atoms with Crippen molar-refractivity contribution in [2.75, 3.05) is 6.54 Å². The molecule has 0 heterocycles. The molecule has 14 heavy (non-hydrogen) atoms. The zero-order valence-electron chi connectivity index (χ0n) is 7.41. The maximum Gasteiger partial charge on any atom is 0.145 e. The van der Waals surface area contributed by atoms with Gasteiger partial charge in [0, 0.05) is 22.2 Å². The van der Waals surface area contributed by atoms with Gasteiger partial charge >= 0.3 is 0 Å². The largest absolute Gasteiger partial charge is 0.391 e. The lowest BCUT2D eigenvalue weighted by Gasteiger charge is -2.04. The summed E-state index contributed by atoms with van der Waals surface area (Å²) >= 11 is 11.8. The highest BCUT2D eigenvalue weighted by molar-refractivity contribution is 6.35. The van der Waals surface area contributed by atoms with Gasteiger partial charge in [0.25, 0.3) is 0 Å². The summed E-state index contributed by atoms with van der Waals surface area (Å²) in [7, 11) is 0. The van der Waals surface area contributed by atoms with E-state index in [4.69, 9.17) is 33.8 Å². The van der Waals surface area contributed by atoms with Crippen LogP contribution in [-0.4, -0.2) is 12.8 Å². The molecule has 0 atom stereocenters. The predicted molar refractivity (Wildman–Crippen MR) is 58.8 cm³/mol. The van der Waals surface area contributed by atoms with Crippen LogP contribution in [0.15, 0.2) is 23.4 Å². The van der Waals surface area contributed by atoms with E-state index in [0.717, 1.165) is 5.56 Å². The molecule has 0 aliphatic rings. The van der Waals surface area contributed by atoms with Gasteiger partial charge in [-0.25, -0.2) is 0 Å². The number of oxime groups is 1. The fourth-order valence-electron chi connectivity index (χ4n) is 0.868. The predicted octanol–water partition coefficient (Wildman–Crippen LogP) is 2.45. The van der Waals surface area contributed by atoms with Gasteiger partial charge in [0.05, 0.1) is 6.21 Å². The lowest BCUT2D eigenvalue weighted by atomic mass is 10.2. The van der Waals surface area contributed by atoms with Crippen molar-refractivity contribution in [2.45, 2.75) is 6.61 Å². The first-order valence-electron chi connectivity index (χ1n) is 4.02. The summed E-state index contributed by atoms with van der Waals surface area (Å²) < 4.78 is 0. The van der Waals surface area contributed by atoms with E-state index < -0.39 is 0 Å². The number of hydrogen-bond donors (Lipinski definition) is 1. The number of nitrogens with zero attached hydrogens (tertiary/aromatic N) is 1. The van der Waals surface area contributed by atoms with Crippen molar-refractivity contribution in [1.29, 1.82) is 0 Å². The molecule has 0 aliphatic carbocycles. The topological polar surface area (TPSA) is 47.6 Å². The standard InChI is InChI=1S/C9H10Cl2N2O/c10-8-2-1-3-9(11)7(8)6-14-13-5-4-12/h1-3,5H,4,6,12H2/b13-5+. The van der Waals surface area contributed by atoms with E-state index in [1.807, 2.05) is 0 Å². The van der Waals surface area contributed by atoms with Crippen molar-refractivity contribution in [1.82, 2.24) is 0 Å². The van der Waals surface area contributed by atoms with Gasteiger partial charge in [-0.1, -0.05) is 34.4 Å². The lowest BCUT2D eigenvalue weighted by Crippen LogP contribution is -1.99. The minimum Gasteiger partial charge on any atom is -0.391 e. The molecule has 0 aromatic heterocycles. The Morgan fingerprint density at radius 3 is 2.57 bits per heavy atom. The molecule has 0 fully saturated rings. The summed E-state index contributed by atoms with van der Waals surface area (Å²) in [5.74, 6) is 0. The fourth-order valence-corrected chi connectivity index (χ4v) is 1.37. The Labute approximate surface area is 92.4 Å². The number of nitrogens with two attached hydrogens (primary N) is 1. The molecular formula is C9H10Cl2N2O. The minimum absolute atomic E-state index is 0.245. The summed E-state index contributed by atoms with van der Waals surface area (Å²) in [6, 6.07) is 5.27. The highest BCUT2D eigenvalue weighted by Gasteiger charge is 2.04. The molecule has 5 heteroatoms. The van der Waals surface area contributed by atoms with Crippen LogP contribution < -0.4 is 5.73 Å². The fraction of sp³-hybridized carbons (Fsp3) is 0.222. The van der Waals surface area contributed by atoms with Crippen molar-refractivity contribution in [3.8, 4) is 0 Å². The average Bonchev–Trinajstić information content (AvgIpc) is 2.16. The van der Waals surface area contributed by atoms with E-state index >= 15 is 0 Å². The maximum absolute atomic E-state index is 5.90. The van der Waals surface area contributed by atoms with Crippen LogP contribution in [0.5, 0.6) is 0 Å². The Kier molecular flexibility index (Phi) is 4.73. The van der Waals surface area contributed by atoms with Gasteiger partial charge in [-0.3, -0.25) is 0 Å². The van der Waals surface area contributed by atoms with Crippen molar-refractivity contribution >= 4 is 29.4 Å². The molecule has 0 spiro atoms. The van der Waals surface area contributed by atoms with E-state index in [1.165, 1.54) is 6.21 Å². The minimum atomic E-state index is 0.245. The molecule has 1 aromatic carbocycles.